The van der Waals surface area contributed by atoms with Crippen molar-refractivity contribution in [3.63, 3.8) is 0 Å². The molecule has 21 heavy (non-hydrogen) atoms. The van der Waals surface area contributed by atoms with E-state index in [4.69, 9.17) is 5.73 Å². The third kappa shape index (κ3) is 3.68. The highest BCUT2D eigenvalue weighted by atomic mass is 15.2. The molecule has 0 radical (unpaired) electrons. The van der Waals surface area contributed by atoms with E-state index in [1.165, 1.54) is 0 Å². The van der Waals surface area contributed by atoms with Crippen LogP contribution in [0.4, 0.5) is 11.6 Å². The first-order valence-electron chi connectivity index (χ1n) is 6.59. The second-order valence-electron chi connectivity index (χ2n) is 5.05. The Morgan fingerprint density at radius 3 is 2.29 bits per heavy atom. The van der Waals surface area contributed by atoms with E-state index in [1.54, 1.807) is 11.1 Å². The second kappa shape index (κ2) is 6.21. The van der Waals surface area contributed by atoms with Crippen LogP contribution in [-0.4, -0.2) is 49.0 Å². The Bertz CT molecular complexity index is 631. The minimum Gasteiger partial charge on any atom is -0.378 e. The predicted molar refractivity (Wildman–Crippen MR) is 86.8 cm³/mol. The van der Waals surface area contributed by atoms with E-state index < -0.39 is 0 Å². The summed E-state index contributed by atoms with van der Waals surface area (Å²) < 4.78 is 0. The fraction of sp³-hybridized carbons (Fsp3) is 0.267. The van der Waals surface area contributed by atoms with Gasteiger partial charge in [-0.05, 0) is 18.2 Å². The topological polar surface area (TPSA) is 70.6 Å². The molecule has 1 aromatic carbocycles. The van der Waals surface area contributed by atoms with Crippen LogP contribution in [0.15, 0.2) is 41.5 Å². The van der Waals surface area contributed by atoms with Gasteiger partial charge in [0, 0.05) is 45.6 Å². The summed E-state index contributed by atoms with van der Waals surface area (Å²) in [7, 11) is 7.67. The molecule has 0 amide bonds. The molecule has 0 fully saturated rings. The molecule has 0 saturated carbocycles. The first-order chi connectivity index (χ1) is 9.97. The molecule has 1 aromatic heterocycles. The summed E-state index contributed by atoms with van der Waals surface area (Å²) in [6, 6.07) is 10.0. The number of hydrogen-bond acceptors (Lipinski definition) is 4. The number of benzene rings is 1. The standard InChI is InChI=1S/C15H20N6/c1-20(2)12-7-5-11(6-8-12)13-9-10-17-15(18-13)19-14(16)21(3)4/h5-10H,1-4H3,(H2,16,17,18,19). The number of guanidine groups is 1. The Kier molecular flexibility index (Phi) is 4.37. The Hall–Kier alpha value is -2.63. The molecule has 2 N–H and O–H groups in total. The highest BCUT2D eigenvalue weighted by molar-refractivity contribution is 5.79. The Labute approximate surface area is 125 Å². The van der Waals surface area contributed by atoms with Gasteiger partial charge in [0.1, 0.15) is 0 Å². The SMILES string of the molecule is CN(C)/C(N)=N\c1nccc(-c2ccc(N(C)C)cc2)n1. The zero-order valence-corrected chi connectivity index (χ0v) is 12.8. The van der Waals surface area contributed by atoms with Crippen LogP contribution < -0.4 is 10.6 Å². The van der Waals surface area contributed by atoms with Crippen LogP contribution in [-0.2, 0) is 0 Å². The fourth-order valence-electron chi connectivity index (χ4n) is 1.70. The number of rotatable bonds is 3. The molecule has 0 unspecified atom stereocenters. The van der Waals surface area contributed by atoms with Crippen molar-refractivity contribution in [1.82, 2.24) is 14.9 Å². The summed E-state index contributed by atoms with van der Waals surface area (Å²) in [5, 5.41) is 0. The summed E-state index contributed by atoms with van der Waals surface area (Å²) >= 11 is 0. The van der Waals surface area contributed by atoms with Crippen LogP contribution in [0.3, 0.4) is 0 Å². The number of aromatic nitrogens is 2. The second-order valence-corrected chi connectivity index (χ2v) is 5.05. The molecule has 1 heterocycles. The van der Waals surface area contributed by atoms with Gasteiger partial charge in [0.15, 0.2) is 5.96 Å². The van der Waals surface area contributed by atoms with Crippen molar-refractivity contribution in [2.75, 3.05) is 33.1 Å². The quantitative estimate of drug-likeness (QED) is 0.686. The van der Waals surface area contributed by atoms with Crippen LogP contribution in [0, 0.1) is 0 Å². The van der Waals surface area contributed by atoms with E-state index in [1.807, 2.05) is 46.4 Å². The number of hydrogen-bond donors (Lipinski definition) is 1. The molecule has 6 nitrogen and oxygen atoms in total. The van der Waals surface area contributed by atoms with E-state index in [-0.39, 0.29) is 0 Å². The largest absolute Gasteiger partial charge is 0.378 e. The molecule has 0 bridgehead atoms. The van der Waals surface area contributed by atoms with Crippen molar-refractivity contribution in [2.24, 2.45) is 10.7 Å². The Morgan fingerprint density at radius 1 is 1.05 bits per heavy atom. The predicted octanol–water partition coefficient (Wildman–Crippen LogP) is 1.72. The highest BCUT2D eigenvalue weighted by Gasteiger charge is 2.04. The van der Waals surface area contributed by atoms with Gasteiger partial charge in [0.25, 0.3) is 5.95 Å². The summed E-state index contributed by atoms with van der Waals surface area (Å²) in [5.41, 5.74) is 8.76. The van der Waals surface area contributed by atoms with Gasteiger partial charge < -0.3 is 15.5 Å². The van der Waals surface area contributed by atoms with Crippen molar-refractivity contribution < 1.29 is 0 Å². The molecular formula is C15H20N6. The molecule has 110 valence electrons. The monoisotopic (exact) mass is 284 g/mol. The zero-order valence-electron chi connectivity index (χ0n) is 12.8. The van der Waals surface area contributed by atoms with Gasteiger partial charge in [0.05, 0.1) is 5.69 Å². The maximum Gasteiger partial charge on any atom is 0.253 e. The van der Waals surface area contributed by atoms with Crippen molar-refractivity contribution in [2.45, 2.75) is 0 Å². The summed E-state index contributed by atoms with van der Waals surface area (Å²) in [6.07, 6.45) is 1.68. The van der Waals surface area contributed by atoms with E-state index in [2.05, 4.69) is 32.0 Å². The van der Waals surface area contributed by atoms with E-state index in [0.29, 0.717) is 11.9 Å². The normalized spacial score (nSPS) is 11.3. The van der Waals surface area contributed by atoms with Crippen molar-refractivity contribution in [3.05, 3.63) is 36.5 Å². The molecular weight excluding hydrogens is 264 g/mol. The molecule has 2 rings (SSSR count). The van der Waals surface area contributed by atoms with Crippen LogP contribution in [0.5, 0.6) is 0 Å². The van der Waals surface area contributed by atoms with Crippen molar-refractivity contribution in [1.29, 1.82) is 0 Å². The van der Waals surface area contributed by atoms with Gasteiger partial charge in [0.2, 0.25) is 0 Å². The van der Waals surface area contributed by atoms with Gasteiger partial charge in [-0.25, -0.2) is 9.97 Å². The smallest absolute Gasteiger partial charge is 0.253 e. The van der Waals surface area contributed by atoms with Crippen LogP contribution in [0.2, 0.25) is 0 Å². The van der Waals surface area contributed by atoms with E-state index in [9.17, 15) is 0 Å². The first kappa shape index (κ1) is 14.8. The molecule has 0 atom stereocenters. The van der Waals surface area contributed by atoms with Crippen LogP contribution in [0.1, 0.15) is 0 Å². The van der Waals surface area contributed by atoms with Gasteiger partial charge >= 0.3 is 0 Å². The first-order valence-corrected chi connectivity index (χ1v) is 6.59. The molecule has 0 spiro atoms. The molecule has 0 saturated heterocycles. The lowest BCUT2D eigenvalue weighted by atomic mass is 10.1. The van der Waals surface area contributed by atoms with Crippen LogP contribution in [0.25, 0.3) is 11.3 Å². The fourth-order valence-corrected chi connectivity index (χ4v) is 1.70. The summed E-state index contributed by atoms with van der Waals surface area (Å²) in [6.45, 7) is 0. The Morgan fingerprint density at radius 2 is 1.71 bits per heavy atom. The maximum atomic E-state index is 5.78. The number of nitrogens with zero attached hydrogens (tertiary/aromatic N) is 5. The molecule has 0 aliphatic rings. The molecule has 0 aliphatic carbocycles. The van der Waals surface area contributed by atoms with Gasteiger partial charge in [-0.3, -0.25) is 0 Å². The van der Waals surface area contributed by atoms with Crippen molar-refractivity contribution >= 4 is 17.6 Å². The number of nitrogens with two attached hydrogens (primary N) is 1. The summed E-state index contributed by atoms with van der Waals surface area (Å²) in [5.74, 6) is 0.727. The lowest BCUT2D eigenvalue weighted by molar-refractivity contribution is 0.614. The number of anilines is 1. The van der Waals surface area contributed by atoms with Gasteiger partial charge in [-0.1, -0.05) is 12.1 Å². The average Bonchev–Trinajstić information content (AvgIpc) is 2.47. The summed E-state index contributed by atoms with van der Waals surface area (Å²) in [4.78, 5) is 16.5. The lowest BCUT2D eigenvalue weighted by Gasteiger charge is -2.12. The number of aliphatic imine (C=N–C) groups is 1. The lowest BCUT2D eigenvalue weighted by Crippen LogP contribution is -2.29. The minimum absolute atomic E-state index is 0.357. The van der Waals surface area contributed by atoms with Crippen molar-refractivity contribution in [3.8, 4) is 11.3 Å². The molecule has 0 aliphatic heterocycles. The zero-order chi connectivity index (χ0) is 15.4. The van der Waals surface area contributed by atoms with Crippen LogP contribution >= 0.6 is 0 Å². The third-order valence-electron chi connectivity index (χ3n) is 3.00. The van der Waals surface area contributed by atoms with E-state index in [0.717, 1.165) is 16.9 Å². The molecule has 2 aromatic rings. The maximum absolute atomic E-state index is 5.78. The Balaban J connectivity index is 2.31. The van der Waals surface area contributed by atoms with Gasteiger partial charge in [-0.15, -0.1) is 0 Å². The average molecular weight is 284 g/mol. The third-order valence-corrected chi connectivity index (χ3v) is 3.00. The van der Waals surface area contributed by atoms with Gasteiger partial charge in [-0.2, -0.15) is 4.99 Å². The highest BCUT2D eigenvalue weighted by Crippen LogP contribution is 2.21. The van der Waals surface area contributed by atoms with E-state index >= 15 is 0 Å². The minimum atomic E-state index is 0.357. The molecule has 6 heteroatoms.